The molecule has 0 aliphatic rings. The van der Waals surface area contributed by atoms with Crippen LogP contribution in [0.25, 0.3) is 11.4 Å². The lowest BCUT2D eigenvalue weighted by Gasteiger charge is -2.09. The first-order valence-electron chi connectivity index (χ1n) is 7.45. The van der Waals surface area contributed by atoms with Gasteiger partial charge in [0, 0.05) is 23.7 Å². The average molecular weight is 315 g/mol. The molecule has 0 aliphatic carbocycles. The fourth-order valence-electron chi connectivity index (χ4n) is 2.31. The van der Waals surface area contributed by atoms with Crippen LogP contribution in [-0.4, -0.2) is 19.5 Å². The molecule has 0 unspecified atom stereocenters. The summed E-state index contributed by atoms with van der Waals surface area (Å²) in [6, 6.07) is 7.63. The van der Waals surface area contributed by atoms with Crippen molar-refractivity contribution in [2.75, 3.05) is 0 Å². The maximum Gasteiger partial charge on any atom is 0.161 e. The average Bonchev–Trinajstić information content (AvgIpc) is 2.92. The van der Waals surface area contributed by atoms with Crippen LogP contribution in [0.3, 0.4) is 0 Å². The van der Waals surface area contributed by atoms with Gasteiger partial charge in [0.25, 0.3) is 0 Å². The molecule has 118 valence electrons. The summed E-state index contributed by atoms with van der Waals surface area (Å²) in [7, 11) is 0. The molecule has 0 aliphatic heterocycles. The number of nitrogens with two attached hydrogens (primary N) is 1. The summed E-state index contributed by atoms with van der Waals surface area (Å²) in [4.78, 5) is 12.9. The third kappa shape index (κ3) is 3.03. The van der Waals surface area contributed by atoms with Gasteiger partial charge in [-0.1, -0.05) is 12.5 Å². The number of hydrogen-bond acceptors (Lipinski definition) is 4. The molecule has 0 spiro atoms. The van der Waals surface area contributed by atoms with E-state index in [0.29, 0.717) is 17.2 Å². The van der Waals surface area contributed by atoms with Crippen molar-refractivity contribution in [3.8, 4) is 17.5 Å². The molecule has 0 saturated heterocycles. The lowest BCUT2D eigenvalue weighted by molar-refractivity contribution is 0.959. The third-order valence-electron chi connectivity index (χ3n) is 3.55. The van der Waals surface area contributed by atoms with Crippen LogP contribution in [-0.2, 0) is 0 Å². The van der Waals surface area contributed by atoms with Crippen molar-refractivity contribution in [3.05, 3.63) is 77.9 Å². The van der Waals surface area contributed by atoms with Gasteiger partial charge in [-0.15, -0.1) is 0 Å². The highest BCUT2D eigenvalue weighted by Gasteiger charge is 2.15. The molecule has 0 bridgehead atoms. The van der Waals surface area contributed by atoms with E-state index in [1.807, 2.05) is 42.7 Å². The van der Waals surface area contributed by atoms with Crippen molar-refractivity contribution < 1.29 is 0 Å². The summed E-state index contributed by atoms with van der Waals surface area (Å²) in [6.07, 6.45) is 5.21. The summed E-state index contributed by atoms with van der Waals surface area (Å²) >= 11 is 0. The van der Waals surface area contributed by atoms with E-state index < -0.39 is 0 Å². The van der Waals surface area contributed by atoms with E-state index in [1.165, 1.54) is 0 Å². The fraction of sp³-hybridized carbons (Fsp3) is 0.105. The minimum atomic E-state index is 0.385. The zero-order valence-electron chi connectivity index (χ0n) is 13.6. The predicted octanol–water partition coefficient (Wildman–Crippen LogP) is 2.61. The number of hydrogen-bond donors (Lipinski definition) is 1. The SMILES string of the molecule is C=C(N)c1nc(C#Cc2ccncc2)c(C)n1-c1ccc(C)nc1. The molecule has 0 atom stereocenters. The highest BCUT2D eigenvalue weighted by atomic mass is 15.1. The van der Waals surface area contributed by atoms with E-state index in [1.54, 1.807) is 18.6 Å². The minimum absolute atomic E-state index is 0.385. The fourth-order valence-corrected chi connectivity index (χ4v) is 2.31. The predicted molar refractivity (Wildman–Crippen MR) is 94.3 cm³/mol. The maximum absolute atomic E-state index is 5.92. The Morgan fingerprint density at radius 1 is 1.12 bits per heavy atom. The van der Waals surface area contributed by atoms with Crippen LogP contribution >= 0.6 is 0 Å². The second kappa shape index (κ2) is 6.39. The van der Waals surface area contributed by atoms with Crippen LogP contribution in [0, 0.1) is 25.7 Å². The Kier molecular flexibility index (Phi) is 4.13. The van der Waals surface area contributed by atoms with Gasteiger partial charge in [0.15, 0.2) is 5.82 Å². The highest BCUT2D eigenvalue weighted by Crippen LogP contribution is 2.20. The molecule has 2 N–H and O–H groups in total. The molecule has 5 heteroatoms. The molecule has 3 aromatic heterocycles. The number of nitrogens with zero attached hydrogens (tertiary/aromatic N) is 4. The summed E-state index contributed by atoms with van der Waals surface area (Å²) in [5.74, 6) is 6.77. The molecule has 0 saturated carbocycles. The van der Waals surface area contributed by atoms with Crippen molar-refractivity contribution in [3.63, 3.8) is 0 Å². The van der Waals surface area contributed by atoms with Crippen LogP contribution in [0.2, 0.25) is 0 Å². The van der Waals surface area contributed by atoms with Crippen molar-refractivity contribution >= 4 is 5.70 Å². The van der Waals surface area contributed by atoms with Crippen LogP contribution in [0.4, 0.5) is 0 Å². The standard InChI is InChI=1S/C19H17N5/c1-13-4-6-17(12-22-13)24-15(3)18(23-19(24)14(2)20)7-5-16-8-10-21-11-9-16/h4,6,8-12H,2,20H2,1,3H3. The molecule has 0 radical (unpaired) electrons. The molecule has 0 fully saturated rings. The highest BCUT2D eigenvalue weighted by molar-refractivity contribution is 5.59. The summed E-state index contributed by atoms with van der Waals surface area (Å²) in [6.45, 7) is 7.72. The largest absolute Gasteiger partial charge is 0.396 e. The van der Waals surface area contributed by atoms with Crippen molar-refractivity contribution in [2.45, 2.75) is 13.8 Å². The summed E-state index contributed by atoms with van der Waals surface area (Å²) in [5.41, 5.74) is 10.6. The normalized spacial score (nSPS) is 10.1. The summed E-state index contributed by atoms with van der Waals surface area (Å²) in [5, 5.41) is 0. The number of rotatable bonds is 2. The smallest absolute Gasteiger partial charge is 0.161 e. The van der Waals surface area contributed by atoms with Gasteiger partial charge >= 0.3 is 0 Å². The number of aryl methyl sites for hydroxylation is 1. The van der Waals surface area contributed by atoms with Crippen LogP contribution in [0.5, 0.6) is 0 Å². The number of imidazole rings is 1. The Morgan fingerprint density at radius 2 is 1.88 bits per heavy atom. The van der Waals surface area contributed by atoms with Gasteiger partial charge in [-0.05, 0) is 44.0 Å². The zero-order valence-corrected chi connectivity index (χ0v) is 13.6. The van der Waals surface area contributed by atoms with Gasteiger partial charge < -0.3 is 5.73 Å². The van der Waals surface area contributed by atoms with Gasteiger partial charge in [0.1, 0.15) is 5.69 Å². The zero-order chi connectivity index (χ0) is 17.1. The van der Waals surface area contributed by atoms with Crippen LogP contribution in [0.1, 0.15) is 28.5 Å². The van der Waals surface area contributed by atoms with Gasteiger partial charge in [-0.3, -0.25) is 14.5 Å². The minimum Gasteiger partial charge on any atom is -0.396 e. The van der Waals surface area contributed by atoms with Crippen molar-refractivity contribution in [1.82, 2.24) is 19.5 Å². The van der Waals surface area contributed by atoms with E-state index in [9.17, 15) is 0 Å². The Labute approximate surface area is 140 Å². The Balaban J connectivity index is 2.10. The van der Waals surface area contributed by atoms with E-state index >= 15 is 0 Å². The molecular formula is C19H17N5. The first kappa shape index (κ1) is 15.5. The molecule has 0 amide bonds. The molecule has 5 nitrogen and oxygen atoms in total. The van der Waals surface area contributed by atoms with E-state index in [4.69, 9.17) is 5.73 Å². The topological polar surface area (TPSA) is 69.6 Å². The van der Waals surface area contributed by atoms with Gasteiger partial charge in [-0.25, -0.2) is 4.98 Å². The molecular weight excluding hydrogens is 298 g/mol. The lowest BCUT2D eigenvalue weighted by atomic mass is 10.2. The molecule has 0 aromatic carbocycles. The molecule has 3 heterocycles. The van der Waals surface area contributed by atoms with Crippen LogP contribution in [0.15, 0.2) is 49.4 Å². The molecule has 3 rings (SSSR count). The number of aromatic nitrogens is 4. The van der Waals surface area contributed by atoms with E-state index in [0.717, 1.165) is 22.6 Å². The number of pyridine rings is 2. The van der Waals surface area contributed by atoms with Gasteiger partial charge in [0.2, 0.25) is 0 Å². The van der Waals surface area contributed by atoms with Gasteiger partial charge in [-0.2, -0.15) is 0 Å². The first-order chi connectivity index (χ1) is 11.6. The van der Waals surface area contributed by atoms with E-state index in [2.05, 4.69) is 33.4 Å². The molecule has 24 heavy (non-hydrogen) atoms. The van der Waals surface area contributed by atoms with E-state index in [-0.39, 0.29) is 0 Å². The van der Waals surface area contributed by atoms with Crippen LogP contribution < -0.4 is 5.73 Å². The second-order valence-electron chi connectivity index (χ2n) is 5.37. The summed E-state index contributed by atoms with van der Waals surface area (Å²) < 4.78 is 1.92. The molecule has 3 aromatic rings. The first-order valence-corrected chi connectivity index (χ1v) is 7.45. The Hall–Kier alpha value is -3.39. The Morgan fingerprint density at radius 3 is 2.50 bits per heavy atom. The third-order valence-corrected chi connectivity index (χ3v) is 3.55. The van der Waals surface area contributed by atoms with Crippen molar-refractivity contribution in [2.24, 2.45) is 5.73 Å². The van der Waals surface area contributed by atoms with Gasteiger partial charge in [0.05, 0.1) is 23.3 Å². The monoisotopic (exact) mass is 315 g/mol. The lowest BCUT2D eigenvalue weighted by Crippen LogP contribution is -2.06. The Bertz CT molecular complexity index is 941. The second-order valence-corrected chi connectivity index (χ2v) is 5.37. The maximum atomic E-state index is 5.92. The quantitative estimate of drug-likeness (QED) is 0.738. The van der Waals surface area contributed by atoms with Crippen molar-refractivity contribution in [1.29, 1.82) is 0 Å².